The number of Topliss-reactive ketones (excluding diaryl/α,β-unsaturated/α-hetero) is 1. The van der Waals surface area contributed by atoms with Crippen LogP contribution in [-0.2, 0) is 0 Å². The Balaban J connectivity index is 2.71. The second-order valence-corrected chi connectivity index (χ2v) is 3.94. The molecule has 0 saturated heterocycles. The van der Waals surface area contributed by atoms with Crippen molar-refractivity contribution in [1.82, 2.24) is 0 Å². The molecule has 0 heterocycles. The molecule has 1 aliphatic carbocycles. The van der Waals surface area contributed by atoms with Gasteiger partial charge >= 0.3 is 0 Å². The molecule has 1 aliphatic rings. The Morgan fingerprint density at radius 2 is 1.64 bits per heavy atom. The summed E-state index contributed by atoms with van der Waals surface area (Å²) in [6.45, 7) is 6.13. The van der Waals surface area contributed by atoms with Crippen molar-refractivity contribution in [3.8, 4) is 0 Å². The molecule has 0 fully saturated rings. The Morgan fingerprint density at radius 3 is 2.29 bits per heavy atom. The molecule has 14 heavy (non-hydrogen) atoms. The maximum atomic E-state index is 11.9. The molecule has 0 saturated carbocycles. The smallest absolute Gasteiger partial charge is 0.170 e. The predicted molar refractivity (Wildman–Crippen MR) is 58.2 cm³/mol. The molecule has 1 aromatic carbocycles. The molecule has 1 atom stereocenters. The molecule has 1 nitrogen and oxygen atoms in total. The van der Waals surface area contributed by atoms with Crippen molar-refractivity contribution in [3.05, 3.63) is 41.0 Å². The lowest BCUT2D eigenvalue weighted by Crippen LogP contribution is -2.19. The maximum Gasteiger partial charge on any atom is 0.170 e. The standard InChI is InChI=1S/C13H14O/c1-8-9(2)11-6-4-5-7-12(11)13(14)10(8)3/h4-7,10H,1-3H3. The summed E-state index contributed by atoms with van der Waals surface area (Å²) in [5.74, 6) is 0.300. The highest BCUT2D eigenvalue weighted by atomic mass is 16.1. The third-order valence-corrected chi connectivity index (χ3v) is 3.23. The SMILES string of the molecule is CC1=C(C)C(C)C(=O)c2ccccc21. The topological polar surface area (TPSA) is 17.1 Å². The van der Waals surface area contributed by atoms with Gasteiger partial charge < -0.3 is 0 Å². The largest absolute Gasteiger partial charge is 0.293 e. The highest BCUT2D eigenvalue weighted by Gasteiger charge is 2.26. The van der Waals surface area contributed by atoms with E-state index in [1.807, 2.05) is 38.1 Å². The molecule has 72 valence electrons. The summed E-state index contributed by atoms with van der Waals surface area (Å²) < 4.78 is 0. The van der Waals surface area contributed by atoms with E-state index in [1.165, 1.54) is 11.1 Å². The van der Waals surface area contributed by atoms with Gasteiger partial charge in [0, 0.05) is 11.5 Å². The van der Waals surface area contributed by atoms with Gasteiger partial charge in [-0.2, -0.15) is 0 Å². The first kappa shape index (κ1) is 9.20. The molecule has 1 aromatic rings. The van der Waals surface area contributed by atoms with Gasteiger partial charge in [0.25, 0.3) is 0 Å². The molecule has 0 N–H and O–H groups in total. The number of carbonyl (C=O) groups is 1. The molecule has 0 aliphatic heterocycles. The van der Waals surface area contributed by atoms with Crippen LogP contribution < -0.4 is 0 Å². The first-order valence-electron chi connectivity index (χ1n) is 4.94. The minimum Gasteiger partial charge on any atom is -0.293 e. The van der Waals surface area contributed by atoms with Gasteiger partial charge in [-0.05, 0) is 25.0 Å². The van der Waals surface area contributed by atoms with Crippen LogP contribution in [0.4, 0.5) is 0 Å². The fraction of sp³-hybridized carbons (Fsp3) is 0.308. The molecule has 2 rings (SSSR count). The Bertz CT molecular complexity index is 427. The van der Waals surface area contributed by atoms with Crippen LogP contribution in [0.5, 0.6) is 0 Å². The Kier molecular flexibility index (Phi) is 2.03. The monoisotopic (exact) mass is 186 g/mol. The lowest BCUT2D eigenvalue weighted by molar-refractivity contribution is 0.0945. The van der Waals surface area contributed by atoms with Crippen molar-refractivity contribution in [2.45, 2.75) is 20.8 Å². The Hall–Kier alpha value is -1.37. The average molecular weight is 186 g/mol. The summed E-state index contributed by atoms with van der Waals surface area (Å²) in [6, 6.07) is 7.86. The molecule has 1 unspecified atom stereocenters. The molecular formula is C13H14O. The normalized spacial score (nSPS) is 21.1. The van der Waals surface area contributed by atoms with Crippen LogP contribution in [0.3, 0.4) is 0 Å². The molecule has 0 aromatic heterocycles. The van der Waals surface area contributed by atoms with E-state index in [0.29, 0.717) is 0 Å². The number of ketones is 1. The summed E-state index contributed by atoms with van der Waals surface area (Å²) in [4.78, 5) is 11.9. The number of allylic oxidation sites excluding steroid dienone is 2. The molecule has 0 radical (unpaired) electrons. The quantitative estimate of drug-likeness (QED) is 0.607. The van der Waals surface area contributed by atoms with Crippen LogP contribution in [-0.4, -0.2) is 5.78 Å². The van der Waals surface area contributed by atoms with Crippen molar-refractivity contribution in [2.75, 3.05) is 0 Å². The maximum absolute atomic E-state index is 11.9. The lowest BCUT2D eigenvalue weighted by Gasteiger charge is -2.23. The van der Waals surface area contributed by atoms with Crippen molar-refractivity contribution in [2.24, 2.45) is 5.92 Å². The van der Waals surface area contributed by atoms with Crippen LogP contribution in [0, 0.1) is 5.92 Å². The fourth-order valence-corrected chi connectivity index (χ4v) is 1.99. The van der Waals surface area contributed by atoms with Gasteiger partial charge in [0.2, 0.25) is 0 Å². The first-order chi connectivity index (χ1) is 6.63. The molecule has 0 amide bonds. The van der Waals surface area contributed by atoms with Gasteiger partial charge in [-0.25, -0.2) is 0 Å². The van der Waals surface area contributed by atoms with E-state index in [9.17, 15) is 4.79 Å². The highest BCUT2D eigenvalue weighted by molar-refractivity contribution is 6.07. The van der Waals surface area contributed by atoms with Crippen LogP contribution in [0.2, 0.25) is 0 Å². The van der Waals surface area contributed by atoms with Gasteiger partial charge in [0.05, 0.1) is 0 Å². The van der Waals surface area contributed by atoms with Gasteiger partial charge in [0.1, 0.15) is 0 Å². The fourth-order valence-electron chi connectivity index (χ4n) is 1.99. The van der Waals surface area contributed by atoms with Crippen molar-refractivity contribution in [3.63, 3.8) is 0 Å². The van der Waals surface area contributed by atoms with Crippen LogP contribution in [0.15, 0.2) is 29.8 Å². The van der Waals surface area contributed by atoms with Gasteiger partial charge in [-0.3, -0.25) is 4.79 Å². The minimum absolute atomic E-state index is 0.0462. The zero-order chi connectivity index (χ0) is 10.3. The summed E-state index contributed by atoms with van der Waals surface area (Å²) in [6.07, 6.45) is 0. The van der Waals surface area contributed by atoms with Crippen LogP contribution in [0.1, 0.15) is 36.7 Å². The number of benzene rings is 1. The third kappa shape index (κ3) is 1.12. The van der Waals surface area contributed by atoms with Gasteiger partial charge in [0.15, 0.2) is 5.78 Å². The lowest BCUT2D eigenvalue weighted by atomic mass is 9.80. The van der Waals surface area contributed by atoms with Crippen LogP contribution >= 0.6 is 0 Å². The molecule has 0 bridgehead atoms. The average Bonchev–Trinajstić information content (AvgIpc) is 2.23. The first-order valence-corrected chi connectivity index (χ1v) is 4.94. The Labute approximate surface area is 84.5 Å². The zero-order valence-electron chi connectivity index (χ0n) is 8.79. The van der Waals surface area contributed by atoms with E-state index < -0.39 is 0 Å². The third-order valence-electron chi connectivity index (χ3n) is 3.23. The predicted octanol–water partition coefficient (Wildman–Crippen LogP) is 3.31. The van der Waals surface area contributed by atoms with E-state index in [-0.39, 0.29) is 11.7 Å². The van der Waals surface area contributed by atoms with Crippen molar-refractivity contribution < 1.29 is 4.79 Å². The highest BCUT2D eigenvalue weighted by Crippen LogP contribution is 2.33. The number of hydrogen-bond donors (Lipinski definition) is 0. The zero-order valence-corrected chi connectivity index (χ0v) is 8.79. The van der Waals surface area contributed by atoms with Gasteiger partial charge in [-0.1, -0.05) is 36.8 Å². The van der Waals surface area contributed by atoms with E-state index in [1.54, 1.807) is 0 Å². The molecule has 1 heteroatoms. The summed E-state index contributed by atoms with van der Waals surface area (Å²) in [5, 5.41) is 0. The van der Waals surface area contributed by atoms with Crippen molar-refractivity contribution in [1.29, 1.82) is 0 Å². The minimum atomic E-state index is 0.0462. The number of hydrogen-bond acceptors (Lipinski definition) is 1. The van der Waals surface area contributed by atoms with E-state index in [4.69, 9.17) is 0 Å². The van der Waals surface area contributed by atoms with Gasteiger partial charge in [-0.15, -0.1) is 0 Å². The summed E-state index contributed by atoms with van der Waals surface area (Å²) in [7, 11) is 0. The number of fused-ring (bicyclic) bond motifs is 1. The molecular weight excluding hydrogens is 172 g/mol. The van der Waals surface area contributed by atoms with Crippen LogP contribution in [0.25, 0.3) is 5.57 Å². The second kappa shape index (κ2) is 3.09. The summed E-state index contributed by atoms with van der Waals surface area (Å²) in [5.41, 5.74) is 4.44. The van der Waals surface area contributed by atoms with Crippen molar-refractivity contribution >= 4 is 11.4 Å². The summed E-state index contributed by atoms with van der Waals surface area (Å²) >= 11 is 0. The second-order valence-electron chi connectivity index (χ2n) is 3.94. The van der Waals surface area contributed by atoms with E-state index in [0.717, 1.165) is 11.1 Å². The number of rotatable bonds is 0. The van der Waals surface area contributed by atoms with E-state index in [2.05, 4.69) is 6.92 Å². The molecule has 0 spiro atoms. The number of carbonyl (C=O) groups excluding carboxylic acids is 1. The Morgan fingerprint density at radius 1 is 1.07 bits per heavy atom. The van der Waals surface area contributed by atoms with E-state index >= 15 is 0 Å².